The number of nitrogens with zero attached hydrogens (tertiary/aromatic N) is 2. The molecule has 1 atom stereocenters. The number of methoxy groups -OCH3 is 1. The van der Waals surface area contributed by atoms with E-state index in [0.717, 1.165) is 0 Å². The van der Waals surface area contributed by atoms with Gasteiger partial charge in [0.1, 0.15) is 0 Å². The smallest absolute Gasteiger partial charge is 0.310 e. The molecule has 1 aliphatic rings. The van der Waals surface area contributed by atoms with Gasteiger partial charge in [-0.15, -0.1) is 0 Å². The highest BCUT2D eigenvalue weighted by atomic mass is 16.6. The molecule has 2 rings (SSSR count). The van der Waals surface area contributed by atoms with Gasteiger partial charge in [0.2, 0.25) is 0 Å². The molecule has 1 unspecified atom stereocenters. The zero-order chi connectivity index (χ0) is 15.4. The topological polar surface area (TPSA) is 102 Å². The fraction of sp³-hybridized carbons (Fsp3) is 0.462. The van der Waals surface area contributed by atoms with E-state index in [9.17, 15) is 20.0 Å². The summed E-state index contributed by atoms with van der Waals surface area (Å²) < 4.78 is 10.2. The molecule has 1 aromatic carbocycles. The van der Waals surface area contributed by atoms with Crippen LogP contribution in [0.4, 0.5) is 5.69 Å². The van der Waals surface area contributed by atoms with Crippen molar-refractivity contribution in [3.05, 3.63) is 33.9 Å². The Morgan fingerprint density at radius 1 is 1.62 bits per heavy atom. The third kappa shape index (κ3) is 3.11. The Kier molecular flexibility index (Phi) is 4.71. The lowest BCUT2D eigenvalue weighted by Gasteiger charge is -2.34. The van der Waals surface area contributed by atoms with Crippen molar-refractivity contribution in [2.45, 2.75) is 6.04 Å². The van der Waals surface area contributed by atoms with Gasteiger partial charge in [-0.3, -0.25) is 14.9 Å². The SMILES string of the molecule is COc1cc(C(=O)N2CCOCC2CO)ccc1[N+](=O)[O-]. The maximum Gasteiger partial charge on any atom is 0.310 e. The fourth-order valence-corrected chi connectivity index (χ4v) is 2.20. The van der Waals surface area contributed by atoms with E-state index in [2.05, 4.69) is 0 Å². The molecule has 0 bridgehead atoms. The largest absolute Gasteiger partial charge is 0.490 e. The molecule has 0 aliphatic carbocycles. The first-order valence-corrected chi connectivity index (χ1v) is 6.40. The first-order valence-electron chi connectivity index (χ1n) is 6.40. The van der Waals surface area contributed by atoms with E-state index in [4.69, 9.17) is 9.47 Å². The molecule has 8 heteroatoms. The number of nitro groups is 1. The van der Waals surface area contributed by atoms with Gasteiger partial charge in [-0.05, 0) is 6.07 Å². The van der Waals surface area contributed by atoms with Gasteiger partial charge in [0, 0.05) is 24.2 Å². The lowest BCUT2D eigenvalue weighted by molar-refractivity contribution is -0.385. The van der Waals surface area contributed by atoms with Crippen LogP contribution in [0.5, 0.6) is 5.75 Å². The summed E-state index contributed by atoms with van der Waals surface area (Å²) in [4.78, 5) is 24.2. The summed E-state index contributed by atoms with van der Waals surface area (Å²) in [7, 11) is 1.31. The van der Waals surface area contributed by atoms with Crippen molar-refractivity contribution in [2.75, 3.05) is 33.5 Å². The van der Waals surface area contributed by atoms with Crippen LogP contribution in [0.25, 0.3) is 0 Å². The van der Waals surface area contributed by atoms with E-state index in [1.54, 1.807) is 0 Å². The number of carbonyl (C=O) groups is 1. The van der Waals surface area contributed by atoms with Crippen molar-refractivity contribution in [3.63, 3.8) is 0 Å². The average molecular weight is 296 g/mol. The number of ether oxygens (including phenoxy) is 2. The Labute approximate surface area is 121 Å². The van der Waals surface area contributed by atoms with Crippen LogP contribution < -0.4 is 4.74 Å². The highest BCUT2D eigenvalue weighted by Gasteiger charge is 2.28. The molecule has 1 saturated heterocycles. The summed E-state index contributed by atoms with van der Waals surface area (Å²) in [5.74, 6) is -0.287. The van der Waals surface area contributed by atoms with Gasteiger partial charge < -0.3 is 19.5 Å². The van der Waals surface area contributed by atoms with Crippen LogP contribution in [0, 0.1) is 10.1 Å². The molecule has 0 spiro atoms. The number of morpholine rings is 1. The van der Waals surface area contributed by atoms with Crippen LogP contribution in [0.15, 0.2) is 18.2 Å². The number of nitro benzene ring substituents is 1. The quantitative estimate of drug-likeness (QED) is 0.639. The second-order valence-electron chi connectivity index (χ2n) is 4.55. The number of amides is 1. The van der Waals surface area contributed by atoms with Crippen LogP contribution >= 0.6 is 0 Å². The zero-order valence-electron chi connectivity index (χ0n) is 11.5. The number of hydrogen-bond acceptors (Lipinski definition) is 6. The number of rotatable bonds is 4. The van der Waals surface area contributed by atoms with Gasteiger partial charge >= 0.3 is 5.69 Å². The summed E-state index contributed by atoms with van der Waals surface area (Å²) in [6.45, 7) is 0.831. The van der Waals surface area contributed by atoms with Crippen molar-refractivity contribution in [1.29, 1.82) is 0 Å². The molecule has 1 aliphatic heterocycles. The minimum atomic E-state index is -0.571. The van der Waals surface area contributed by atoms with Crippen molar-refractivity contribution in [2.24, 2.45) is 0 Å². The van der Waals surface area contributed by atoms with E-state index in [1.165, 1.54) is 30.2 Å². The van der Waals surface area contributed by atoms with Crippen LogP contribution in [0.3, 0.4) is 0 Å². The molecule has 8 nitrogen and oxygen atoms in total. The van der Waals surface area contributed by atoms with Gasteiger partial charge in [-0.2, -0.15) is 0 Å². The van der Waals surface area contributed by atoms with Gasteiger partial charge in [0.05, 0.1) is 37.9 Å². The van der Waals surface area contributed by atoms with Crippen molar-refractivity contribution in [3.8, 4) is 5.75 Å². The van der Waals surface area contributed by atoms with Gasteiger partial charge in [-0.25, -0.2) is 0 Å². The third-order valence-corrected chi connectivity index (χ3v) is 3.32. The number of hydrogen-bond donors (Lipinski definition) is 1. The molecule has 1 N–H and O–H groups in total. The Morgan fingerprint density at radius 3 is 3.00 bits per heavy atom. The highest BCUT2D eigenvalue weighted by molar-refractivity contribution is 5.95. The first kappa shape index (κ1) is 15.2. The van der Waals surface area contributed by atoms with Crippen LogP contribution in [0.1, 0.15) is 10.4 Å². The van der Waals surface area contributed by atoms with E-state index in [1.807, 2.05) is 0 Å². The maximum absolute atomic E-state index is 12.5. The molecule has 21 heavy (non-hydrogen) atoms. The fourth-order valence-electron chi connectivity index (χ4n) is 2.20. The number of carbonyl (C=O) groups excluding carboxylic acids is 1. The molecular formula is C13H16N2O6. The normalized spacial score (nSPS) is 18.4. The van der Waals surface area contributed by atoms with Crippen LogP contribution in [0.2, 0.25) is 0 Å². The second-order valence-corrected chi connectivity index (χ2v) is 4.55. The molecule has 1 fully saturated rings. The zero-order valence-corrected chi connectivity index (χ0v) is 11.5. The second kappa shape index (κ2) is 6.51. The van der Waals surface area contributed by atoms with Gasteiger partial charge in [0.15, 0.2) is 5.75 Å². The van der Waals surface area contributed by atoms with E-state index in [-0.39, 0.29) is 36.1 Å². The Morgan fingerprint density at radius 2 is 2.38 bits per heavy atom. The minimum Gasteiger partial charge on any atom is -0.490 e. The Balaban J connectivity index is 2.28. The lowest BCUT2D eigenvalue weighted by atomic mass is 10.1. The molecule has 0 saturated carbocycles. The standard InChI is InChI=1S/C13H16N2O6/c1-20-12-6-9(2-3-11(12)15(18)19)13(17)14-4-5-21-8-10(14)7-16/h2-3,6,10,16H,4-5,7-8H2,1H3. The van der Waals surface area contributed by atoms with E-state index in [0.29, 0.717) is 13.2 Å². The lowest BCUT2D eigenvalue weighted by Crippen LogP contribution is -2.50. The van der Waals surface area contributed by atoms with Crippen LogP contribution in [-0.4, -0.2) is 60.4 Å². The molecule has 1 amide bonds. The predicted molar refractivity (Wildman–Crippen MR) is 72.4 cm³/mol. The molecule has 1 aromatic rings. The van der Waals surface area contributed by atoms with Gasteiger partial charge in [0.25, 0.3) is 5.91 Å². The molecule has 1 heterocycles. The molecular weight excluding hydrogens is 280 g/mol. The third-order valence-electron chi connectivity index (χ3n) is 3.32. The summed E-state index contributed by atoms with van der Waals surface area (Å²) in [6, 6.07) is 3.55. The molecule has 0 aromatic heterocycles. The van der Waals surface area contributed by atoms with Crippen LogP contribution in [-0.2, 0) is 4.74 Å². The summed E-state index contributed by atoms with van der Waals surface area (Å²) in [5, 5.41) is 20.1. The Bertz CT molecular complexity index is 547. The van der Waals surface area contributed by atoms with E-state index >= 15 is 0 Å². The van der Waals surface area contributed by atoms with E-state index < -0.39 is 11.0 Å². The molecule has 114 valence electrons. The monoisotopic (exact) mass is 296 g/mol. The minimum absolute atomic E-state index is 0.0275. The summed E-state index contributed by atoms with van der Waals surface area (Å²) in [6.07, 6.45) is 0. The number of aliphatic hydroxyl groups excluding tert-OH is 1. The summed E-state index contributed by atoms with van der Waals surface area (Å²) in [5.41, 5.74) is 0.0764. The molecule has 0 radical (unpaired) electrons. The van der Waals surface area contributed by atoms with Gasteiger partial charge in [-0.1, -0.05) is 0 Å². The Hall–Kier alpha value is -2.19. The predicted octanol–water partition coefficient (Wildman–Crippen LogP) is 0.437. The van der Waals surface area contributed by atoms with Crippen molar-refractivity contribution >= 4 is 11.6 Å². The maximum atomic E-state index is 12.5. The average Bonchev–Trinajstić information content (AvgIpc) is 2.53. The first-order chi connectivity index (χ1) is 10.1. The number of aliphatic hydroxyl groups is 1. The van der Waals surface area contributed by atoms with Crippen molar-refractivity contribution < 1.29 is 24.3 Å². The number of benzene rings is 1. The van der Waals surface area contributed by atoms with Crippen molar-refractivity contribution in [1.82, 2.24) is 4.90 Å². The summed E-state index contributed by atoms with van der Waals surface area (Å²) >= 11 is 0. The highest BCUT2D eigenvalue weighted by Crippen LogP contribution is 2.28.